The topological polar surface area (TPSA) is 78.4 Å². The van der Waals surface area contributed by atoms with Gasteiger partial charge in [-0.15, -0.1) is 0 Å². The van der Waals surface area contributed by atoms with Gasteiger partial charge in [0.25, 0.3) is 0 Å². The first-order valence-electron chi connectivity index (χ1n) is 6.05. The maximum Gasteiger partial charge on any atom is 0.313 e. The number of aliphatic hydroxyl groups excluding tert-OH is 1. The Balaban J connectivity index is 2.43. The second-order valence-electron chi connectivity index (χ2n) is 4.12. The van der Waals surface area contributed by atoms with Gasteiger partial charge in [-0.25, -0.2) is 0 Å². The molecule has 0 radical (unpaired) electrons. The highest BCUT2D eigenvalue weighted by Gasteiger charge is 2.14. The molecule has 1 unspecified atom stereocenters. The molecule has 0 spiro atoms. The van der Waals surface area contributed by atoms with Crippen LogP contribution in [0.15, 0.2) is 28.7 Å². The number of hydrogen-bond acceptors (Lipinski definition) is 3. The summed E-state index contributed by atoms with van der Waals surface area (Å²) in [5, 5.41) is 14.3. The minimum atomic E-state index is -0.755. The molecule has 19 heavy (non-hydrogen) atoms. The van der Waals surface area contributed by atoms with Crippen LogP contribution in [-0.2, 0) is 9.59 Å². The number of benzene rings is 1. The second kappa shape index (κ2) is 7.91. The number of amides is 2. The molecule has 0 bridgehead atoms. The van der Waals surface area contributed by atoms with Gasteiger partial charge in [-0.2, -0.15) is 0 Å². The van der Waals surface area contributed by atoms with Crippen molar-refractivity contribution >= 4 is 33.4 Å². The number of halogens is 1. The zero-order chi connectivity index (χ0) is 14.3. The average molecular weight is 329 g/mol. The maximum absolute atomic E-state index is 11.6. The van der Waals surface area contributed by atoms with Crippen LogP contribution in [0.4, 0.5) is 5.69 Å². The first-order chi connectivity index (χ1) is 9.02. The van der Waals surface area contributed by atoms with Crippen LogP contribution in [-0.4, -0.2) is 29.6 Å². The average Bonchev–Trinajstić information content (AvgIpc) is 2.36. The molecule has 0 heterocycles. The molecule has 0 aliphatic carbocycles. The molecule has 6 heteroatoms. The lowest BCUT2D eigenvalue weighted by Gasteiger charge is -2.10. The molecule has 0 saturated carbocycles. The van der Waals surface area contributed by atoms with Gasteiger partial charge in [-0.1, -0.05) is 35.3 Å². The molecular weight excluding hydrogens is 312 g/mol. The van der Waals surface area contributed by atoms with E-state index in [0.717, 1.165) is 10.9 Å². The Hall–Kier alpha value is -1.40. The molecule has 0 aliphatic heterocycles. The zero-order valence-corrected chi connectivity index (χ0v) is 12.2. The molecule has 0 saturated heterocycles. The van der Waals surface area contributed by atoms with Gasteiger partial charge in [-0.3, -0.25) is 9.59 Å². The van der Waals surface area contributed by atoms with Gasteiger partial charge in [0.05, 0.1) is 6.10 Å². The minimum absolute atomic E-state index is 0.0819. The van der Waals surface area contributed by atoms with Crippen molar-refractivity contribution in [1.29, 1.82) is 0 Å². The van der Waals surface area contributed by atoms with Crippen molar-refractivity contribution in [2.45, 2.75) is 25.9 Å². The number of hydrogen-bond donors (Lipinski definition) is 3. The quantitative estimate of drug-likeness (QED) is 0.719. The van der Waals surface area contributed by atoms with Crippen molar-refractivity contribution in [3.8, 4) is 0 Å². The largest absolute Gasteiger partial charge is 0.391 e. The fourth-order valence-corrected chi connectivity index (χ4v) is 1.88. The zero-order valence-electron chi connectivity index (χ0n) is 10.6. The summed E-state index contributed by atoms with van der Waals surface area (Å²) in [4.78, 5) is 23.1. The molecule has 5 nitrogen and oxygen atoms in total. The molecule has 1 atom stereocenters. The number of anilines is 1. The lowest BCUT2D eigenvalue weighted by atomic mass is 10.2. The molecule has 0 fully saturated rings. The summed E-state index contributed by atoms with van der Waals surface area (Å²) in [5.74, 6) is -1.50. The Labute approximate surface area is 120 Å². The summed E-state index contributed by atoms with van der Waals surface area (Å²) in [6, 6.07) is 6.94. The summed E-state index contributed by atoms with van der Waals surface area (Å²) in [5.41, 5.74) is 0.531. The Kier molecular flexibility index (Phi) is 6.52. The van der Waals surface area contributed by atoms with E-state index in [2.05, 4.69) is 26.6 Å². The van der Waals surface area contributed by atoms with E-state index >= 15 is 0 Å². The molecule has 3 N–H and O–H groups in total. The highest BCUT2D eigenvalue weighted by Crippen LogP contribution is 2.15. The van der Waals surface area contributed by atoms with Crippen LogP contribution in [0.25, 0.3) is 0 Å². The molecule has 104 valence electrons. The SMILES string of the molecule is CCCC(O)CNC(=O)C(=O)Nc1cccc(Br)c1. The van der Waals surface area contributed by atoms with Gasteiger partial charge in [0.15, 0.2) is 0 Å². The molecular formula is C13H17BrN2O3. The summed E-state index contributed by atoms with van der Waals surface area (Å²) >= 11 is 3.27. The van der Waals surface area contributed by atoms with E-state index in [-0.39, 0.29) is 6.54 Å². The first-order valence-corrected chi connectivity index (χ1v) is 6.85. The Morgan fingerprint density at radius 2 is 2.11 bits per heavy atom. The summed E-state index contributed by atoms with van der Waals surface area (Å²) in [6.45, 7) is 2.02. The van der Waals surface area contributed by atoms with Crippen molar-refractivity contribution in [1.82, 2.24) is 5.32 Å². The molecule has 2 amide bonds. The van der Waals surface area contributed by atoms with Crippen LogP contribution in [0.5, 0.6) is 0 Å². The summed E-state index contributed by atoms with van der Waals surface area (Å²) in [6.07, 6.45) is 0.794. The fraction of sp³-hybridized carbons (Fsp3) is 0.385. The van der Waals surface area contributed by atoms with E-state index in [1.807, 2.05) is 13.0 Å². The van der Waals surface area contributed by atoms with Crippen molar-refractivity contribution in [2.75, 3.05) is 11.9 Å². The molecule has 1 rings (SSSR count). The number of carbonyl (C=O) groups excluding carboxylic acids is 2. The molecule has 0 aromatic heterocycles. The van der Waals surface area contributed by atoms with Crippen molar-refractivity contribution in [2.24, 2.45) is 0 Å². The predicted molar refractivity (Wildman–Crippen MR) is 76.7 cm³/mol. The minimum Gasteiger partial charge on any atom is -0.391 e. The van der Waals surface area contributed by atoms with Gasteiger partial charge in [0.2, 0.25) is 0 Å². The smallest absolute Gasteiger partial charge is 0.313 e. The highest BCUT2D eigenvalue weighted by atomic mass is 79.9. The second-order valence-corrected chi connectivity index (χ2v) is 5.03. The van der Waals surface area contributed by atoms with Crippen LogP contribution in [0.1, 0.15) is 19.8 Å². The summed E-state index contributed by atoms with van der Waals surface area (Å²) in [7, 11) is 0. The van der Waals surface area contributed by atoms with Gasteiger partial charge in [-0.05, 0) is 24.6 Å². The van der Waals surface area contributed by atoms with Crippen LogP contribution >= 0.6 is 15.9 Å². The van der Waals surface area contributed by atoms with Gasteiger partial charge in [0.1, 0.15) is 0 Å². The third-order valence-corrected chi connectivity index (χ3v) is 2.90. The number of nitrogens with one attached hydrogen (secondary N) is 2. The Morgan fingerprint density at radius 1 is 1.37 bits per heavy atom. The van der Waals surface area contributed by atoms with Gasteiger partial charge < -0.3 is 15.7 Å². The van der Waals surface area contributed by atoms with Gasteiger partial charge in [0, 0.05) is 16.7 Å². The number of carbonyl (C=O) groups is 2. The summed E-state index contributed by atoms with van der Waals surface area (Å²) < 4.78 is 0.809. The van der Waals surface area contributed by atoms with Crippen molar-refractivity contribution < 1.29 is 14.7 Å². The lowest BCUT2D eigenvalue weighted by molar-refractivity contribution is -0.136. The third kappa shape index (κ3) is 5.85. The van der Waals surface area contributed by atoms with Gasteiger partial charge >= 0.3 is 11.8 Å². The lowest BCUT2D eigenvalue weighted by Crippen LogP contribution is -2.39. The normalized spacial score (nSPS) is 11.7. The van der Waals surface area contributed by atoms with E-state index < -0.39 is 17.9 Å². The monoisotopic (exact) mass is 328 g/mol. The van der Waals surface area contributed by atoms with Crippen LogP contribution in [0, 0.1) is 0 Å². The number of aliphatic hydroxyl groups is 1. The Morgan fingerprint density at radius 3 is 2.74 bits per heavy atom. The molecule has 0 aliphatic rings. The number of rotatable bonds is 5. The molecule has 1 aromatic carbocycles. The van der Waals surface area contributed by atoms with Crippen LogP contribution < -0.4 is 10.6 Å². The van der Waals surface area contributed by atoms with E-state index in [1.54, 1.807) is 18.2 Å². The highest BCUT2D eigenvalue weighted by molar-refractivity contribution is 9.10. The van der Waals surface area contributed by atoms with Crippen molar-refractivity contribution in [3.63, 3.8) is 0 Å². The molecule has 1 aromatic rings. The standard InChI is InChI=1S/C13H17BrN2O3/c1-2-4-11(17)8-15-12(18)13(19)16-10-6-3-5-9(14)7-10/h3,5-7,11,17H,2,4,8H2,1H3,(H,15,18)(H,16,19). The third-order valence-electron chi connectivity index (χ3n) is 2.41. The van der Waals surface area contributed by atoms with Crippen molar-refractivity contribution in [3.05, 3.63) is 28.7 Å². The maximum atomic E-state index is 11.6. The Bertz CT molecular complexity index is 451. The van der Waals surface area contributed by atoms with E-state index in [9.17, 15) is 14.7 Å². The van der Waals surface area contributed by atoms with Crippen LogP contribution in [0.3, 0.4) is 0 Å². The first kappa shape index (κ1) is 15.7. The van der Waals surface area contributed by atoms with E-state index in [1.165, 1.54) is 0 Å². The predicted octanol–water partition coefficient (Wildman–Crippen LogP) is 1.66. The van der Waals surface area contributed by atoms with E-state index in [4.69, 9.17) is 0 Å². The fourth-order valence-electron chi connectivity index (χ4n) is 1.48. The van der Waals surface area contributed by atoms with Crippen LogP contribution in [0.2, 0.25) is 0 Å². The van der Waals surface area contributed by atoms with E-state index in [0.29, 0.717) is 12.1 Å².